The first kappa shape index (κ1) is 28.8. The molecule has 0 aliphatic heterocycles. The van der Waals surface area contributed by atoms with Gasteiger partial charge in [-0.25, -0.2) is 0 Å². The molecule has 6 nitrogen and oxygen atoms in total. The molecule has 0 aromatic heterocycles. The van der Waals surface area contributed by atoms with Crippen molar-refractivity contribution in [1.29, 1.82) is 0 Å². The van der Waals surface area contributed by atoms with Gasteiger partial charge >= 0.3 is 0 Å². The van der Waals surface area contributed by atoms with Gasteiger partial charge in [-0.1, -0.05) is 38.5 Å². The van der Waals surface area contributed by atoms with Crippen LogP contribution in [0.2, 0.25) is 0 Å². The van der Waals surface area contributed by atoms with Gasteiger partial charge in [0.2, 0.25) is 0 Å². The van der Waals surface area contributed by atoms with Crippen LogP contribution in [0.4, 0.5) is 11.4 Å². The minimum Gasteiger partial charge on any atom is -0.494 e. The Hall–Kier alpha value is -2.44. The Morgan fingerprint density at radius 1 is 0.543 bits per heavy atom. The summed E-state index contributed by atoms with van der Waals surface area (Å²) in [6, 6.07) is 15.4. The zero-order valence-corrected chi connectivity index (χ0v) is 21.9. The molecule has 0 aliphatic carbocycles. The molecular formula is C29H44N2O4. The van der Waals surface area contributed by atoms with Gasteiger partial charge in [0.1, 0.15) is 11.5 Å². The van der Waals surface area contributed by atoms with Gasteiger partial charge in [0.15, 0.2) is 6.29 Å². The molecule has 0 bridgehead atoms. The Balaban J connectivity index is 1.49. The van der Waals surface area contributed by atoms with Crippen molar-refractivity contribution in [2.24, 2.45) is 10.2 Å². The second kappa shape index (κ2) is 18.8. The molecule has 0 aliphatic rings. The summed E-state index contributed by atoms with van der Waals surface area (Å²) in [5.41, 5.74) is 1.60. The van der Waals surface area contributed by atoms with Crippen molar-refractivity contribution >= 4 is 11.4 Å². The van der Waals surface area contributed by atoms with E-state index in [1.165, 1.54) is 44.9 Å². The van der Waals surface area contributed by atoms with Crippen molar-refractivity contribution in [3.63, 3.8) is 0 Å². The number of azo groups is 1. The van der Waals surface area contributed by atoms with Crippen molar-refractivity contribution in [2.75, 3.05) is 26.4 Å². The van der Waals surface area contributed by atoms with Gasteiger partial charge in [0, 0.05) is 13.2 Å². The number of hydrogen-bond acceptors (Lipinski definition) is 6. The van der Waals surface area contributed by atoms with Crippen LogP contribution in [0.3, 0.4) is 0 Å². The first-order valence-corrected chi connectivity index (χ1v) is 13.4. The smallest absolute Gasteiger partial charge is 0.157 e. The molecule has 0 atom stereocenters. The summed E-state index contributed by atoms with van der Waals surface area (Å²) in [7, 11) is 0. The fourth-order valence-corrected chi connectivity index (χ4v) is 3.75. The summed E-state index contributed by atoms with van der Waals surface area (Å²) in [6.07, 6.45) is 10.9. The van der Waals surface area contributed by atoms with Crippen LogP contribution in [0.5, 0.6) is 11.5 Å². The summed E-state index contributed by atoms with van der Waals surface area (Å²) < 4.78 is 22.5. The van der Waals surface area contributed by atoms with Crippen molar-refractivity contribution in [1.82, 2.24) is 0 Å². The third-order valence-electron chi connectivity index (χ3n) is 5.57. The maximum absolute atomic E-state index is 5.87. The van der Waals surface area contributed by atoms with Crippen LogP contribution in [-0.4, -0.2) is 32.7 Å². The van der Waals surface area contributed by atoms with Crippen LogP contribution in [0.15, 0.2) is 58.8 Å². The number of hydrogen-bond donors (Lipinski definition) is 0. The lowest BCUT2D eigenvalue weighted by molar-refractivity contribution is -0.140. The Labute approximate surface area is 212 Å². The number of ether oxygens (including phenoxy) is 4. The van der Waals surface area contributed by atoms with E-state index < -0.39 is 0 Å². The van der Waals surface area contributed by atoms with Crippen molar-refractivity contribution in [3.8, 4) is 11.5 Å². The summed E-state index contributed by atoms with van der Waals surface area (Å²) in [6.45, 7) is 8.86. The highest BCUT2D eigenvalue weighted by atomic mass is 16.7. The standard InChI is InChI=1S/C29H44N2O4/c1-4-32-27-20-16-25(17-21-27)30-31-26-18-22-28(23-19-26)35-24-14-12-10-8-7-9-11-13-15-29(33-5-2)34-6-3/h16-23,29H,4-15,24H2,1-3H3/b31-30+. The molecule has 2 aromatic rings. The van der Waals surface area contributed by atoms with E-state index in [4.69, 9.17) is 18.9 Å². The third kappa shape index (κ3) is 13.3. The molecule has 0 spiro atoms. The molecule has 0 fully saturated rings. The predicted molar refractivity (Wildman–Crippen MR) is 142 cm³/mol. The molecule has 6 heteroatoms. The molecular weight excluding hydrogens is 440 g/mol. The molecule has 0 saturated carbocycles. The predicted octanol–water partition coefficient (Wildman–Crippen LogP) is 8.79. The van der Waals surface area contributed by atoms with Crippen LogP contribution < -0.4 is 9.47 Å². The molecule has 0 saturated heterocycles. The second-order valence-corrected chi connectivity index (χ2v) is 8.43. The Morgan fingerprint density at radius 2 is 1.00 bits per heavy atom. The summed E-state index contributed by atoms with van der Waals surface area (Å²) >= 11 is 0. The molecule has 0 radical (unpaired) electrons. The molecule has 194 valence electrons. The first-order chi connectivity index (χ1) is 17.2. The van der Waals surface area contributed by atoms with E-state index in [-0.39, 0.29) is 6.29 Å². The average molecular weight is 485 g/mol. The molecule has 0 N–H and O–H groups in total. The lowest BCUT2D eigenvalue weighted by Gasteiger charge is -2.16. The molecule has 0 heterocycles. The van der Waals surface area contributed by atoms with Gasteiger partial charge in [-0.3, -0.25) is 0 Å². The summed E-state index contributed by atoms with van der Waals surface area (Å²) in [5, 5.41) is 8.57. The molecule has 35 heavy (non-hydrogen) atoms. The summed E-state index contributed by atoms with van der Waals surface area (Å²) in [4.78, 5) is 0. The Morgan fingerprint density at radius 3 is 1.49 bits per heavy atom. The first-order valence-electron chi connectivity index (χ1n) is 13.4. The van der Waals surface area contributed by atoms with Crippen molar-refractivity contribution in [3.05, 3.63) is 48.5 Å². The van der Waals surface area contributed by atoms with Gasteiger partial charge in [-0.2, -0.15) is 10.2 Å². The van der Waals surface area contributed by atoms with Gasteiger partial charge in [-0.05, 0) is 88.6 Å². The SMILES string of the molecule is CCOc1ccc(/N=N/c2ccc(OCCCCCCCCCCC(OCC)OCC)cc2)cc1. The molecule has 0 amide bonds. The third-order valence-corrected chi connectivity index (χ3v) is 5.57. The number of unbranched alkanes of at least 4 members (excludes halogenated alkanes) is 7. The minimum atomic E-state index is -0.0188. The fourth-order valence-electron chi connectivity index (χ4n) is 3.75. The largest absolute Gasteiger partial charge is 0.494 e. The average Bonchev–Trinajstić information content (AvgIpc) is 2.88. The number of benzene rings is 2. The van der Waals surface area contributed by atoms with E-state index >= 15 is 0 Å². The Bertz CT molecular complexity index is 787. The maximum atomic E-state index is 5.87. The molecule has 0 unspecified atom stereocenters. The second-order valence-electron chi connectivity index (χ2n) is 8.43. The van der Waals surface area contributed by atoms with Crippen molar-refractivity contribution < 1.29 is 18.9 Å². The van der Waals surface area contributed by atoms with E-state index in [1.54, 1.807) is 0 Å². The lowest BCUT2D eigenvalue weighted by atomic mass is 10.1. The quantitative estimate of drug-likeness (QED) is 0.107. The minimum absolute atomic E-state index is 0.0188. The summed E-state index contributed by atoms with van der Waals surface area (Å²) in [5.74, 6) is 1.72. The molecule has 2 rings (SSSR count). The van der Waals surface area contributed by atoms with Crippen LogP contribution in [0.1, 0.15) is 78.6 Å². The highest BCUT2D eigenvalue weighted by molar-refractivity contribution is 5.44. The van der Waals surface area contributed by atoms with Crippen LogP contribution in [0, 0.1) is 0 Å². The fraction of sp³-hybridized carbons (Fsp3) is 0.586. The van der Waals surface area contributed by atoms with Gasteiger partial charge < -0.3 is 18.9 Å². The number of rotatable bonds is 20. The zero-order chi connectivity index (χ0) is 25.0. The van der Waals surface area contributed by atoms with Crippen LogP contribution in [-0.2, 0) is 9.47 Å². The monoisotopic (exact) mass is 484 g/mol. The van der Waals surface area contributed by atoms with Gasteiger partial charge in [0.25, 0.3) is 0 Å². The van der Waals surface area contributed by atoms with Gasteiger partial charge in [-0.15, -0.1) is 0 Å². The zero-order valence-electron chi connectivity index (χ0n) is 21.9. The van der Waals surface area contributed by atoms with E-state index in [0.29, 0.717) is 6.61 Å². The van der Waals surface area contributed by atoms with E-state index in [2.05, 4.69) is 10.2 Å². The van der Waals surface area contributed by atoms with E-state index in [1.807, 2.05) is 69.3 Å². The van der Waals surface area contributed by atoms with E-state index in [9.17, 15) is 0 Å². The Kier molecular flexibility index (Phi) is 15.5. The van der Waals surface area contributed by atoms with Crippen molar-refractivity contribution in [2.45, 2.75) is 84.8 Å². The number of nitrogens with zero attached hydrogens (tertiary/aromatic N) is 2. The highest BCUT2D eigenvalue weighted by Gasteiger charge is 2.06. The van der Waals surface area contributed by atoms with E-state index in [0.717, 1.165) is 55.5 Å². The molecule has 2 aromatic carbocycles. The van der Waals surface area contributed by atoms with Crippen LogP contribution in [0.25, 0.3) is 0 Å². The maximum Gasteiger partial charge on any atom is 0.157 e. The highest BCUT2D eigenvalue weighted by Crippen LogP contribution is 2.23. The van der Waals surface area contributed by atoms with Crippen LogP contribution >= 0.6 is 0 Å². The normalized spacial score (nSPS) is 11.4. The van der Waals surface area contributed by atoms with Gasteiger partial charge in [0.05, 0.1) is 24.6 Å². The topological polar surface area (TPSA) is 61.6 Å². The lowest BCUT2D eigenvalue weighted by Crippen LogP contribution is -2.17.